The summed E-state index contributed by atoms with van der Waals surface area (Å²) in [5, 5.41) is 0. The van der Waals surface area contributed by atoms with Crippen molar-refractivity contribution in [2.24, 2.45) is 0 Å². The summed E-state index contributed by atoms with van der Waals surface area (Å²) < 4.78 is 36.4. The summed E-state index contributed by atoms with van der Waals surface area (Å²) in [6.45, 7) is 1.10. The first-order valence-corrected chi connectivity index (χ1v) is 7.01. The van der Waals surface area contributed by atoms with Crippen LogP contribution in [0.25, 0.3) is 0 Å². The van der Waals surface area contributed by atoms with Crippen LogP contribution in [0.4, 0.5) is 5.69 Å². The predicted octanol–water partition coefficient (Wildman–Crippen LogP) is 0.646. The summed E-state index contributed by atoms with van der Waals surface area (Å²) in [5.74, 6) is 0.287. The summed E-state index contributed by atoms with van der Waals surface area (Å²) in [6.07, 6.45) is 0.684. The Kier molecular flexibility index (Phi) is 3.74. The van der Waals surface area contributed by atoms with Crippen molar-refractivity contribution in [1.82, 2.24) is 4.31 Å². The fraction of sp³-hybridized carbons (Fsp3) is 0.455. The monoisotopic (exact) mass is 272 g/mol. The minimum atomic E-state index is -3.62. The van der Waals surface area contributed by atoms with Crippen molar-refractivity contribution < 1.29 is 17.9 Å². The zero-order chi connectivity index (χ0) is 13.2. The van der Waals surface area contributed by atoms with Gasteiger partial charge < -0.3 is 15.2 Å². The summed E-state index contributed by atoms with van der Waals surface area (Å²) >= 11 is 0. The highest BCUT2D eigenvalue weighted by Gasteiger charge is 2.29. The number of nitrogen functional groups attached to an aromatic ring is 1. The van der Waals surface area contributed by atoms with Crippen LogP contribution >= 0.6 is 0 Å². The number of hydrogen-bond donors (Lipinski definition) is 1. The van der Waals surface area contributed by atoms with E-state index in [0.717, 1.165) is 0 Å². The highest BCUT2D eigenvalue weighted by Crippen LogP contribution is 2.29. The quantitative estimate of drug-likeness (QED) is 0.817. The van der Waals surface area contributed by atoms with Gasteiger partial charge in [-0.3, -0.25) is 0 Å². The maximum absolute atomic E-state index is 12.4. The molecule has 1 heterocycles. The zero-order valence-corrected chi connectivity index (χ0v) is 10.9. The number of rotatable bonds is 3. The molecule has 0 unspecified atom stereocenters. The molecule has 1 aliphatic rings. The second-order valence-corrected chi connectivity index (χ2v) is 5.89. The normalized spacial score (nSPS) is 17.6. The summed E-state index contributed by atoms with van der Waals surface area (Å²) in [4.78, 5) is 0.0792. The molecule has 2 rings (SSSR count). The number of methoxy groups -OCH3 is 1. The van der Waals surface area contributed by atoms with Crippen molar-refractivity contribution in [3.05, 3.63) is 18.2 Å². The number of ether oxygens (including phenoxy) is 2. The molecule has 0 saturated carbocycles. The van der Waals surface area contributed by atoms with Gasteiger partial charge in [0.1, 0.15) is 17.4 Å². The van der Waals surface area contributed by atoms with Crippen LogP contribution in [0.2, 0.25) is 0 Å². The molecule has 0 radical (unpaired) electrons. The molecule has 0 aromatic heterocycles. The lowest BCUT2D eigenvalue weighted by Crippen LogP contribution is -2.38. The maximum Gasteiger partial charge on any atom is 0.248 e. The first kappa shape index (κ1) is 13.1. The lowest BCUT2D eigenvalue weighted by molar-refractivity contribution is 0.0312. The Hall–Kier alpha value is -1.31. The van der Waals surface area contributed by atoms with Gasteiger partial charge in [0.15, 0.2) is 0 Å². The number of benzene rings is 1. The largest absolute Gasteiger partial charge is 0.495 e. The minimum Gasteiger partial charge on any atom is -0.495 e. The first-order valence-electron chi connectivity index (χ1n) is 5.57. The van der Waals surface area contributed by atoms with Crippen molar-refractivity contribution in [2.45, 2.75) is 11.3 Å². The molecule has 0 atom stereocenters. The van der Waals surface area contributed by atoms with Gasteiger partial charge in [0.25, 0.3) is 0 Å². The molecular formula is C11H16N2O4S. The molecule has 1 aromatic rings. The van der Waals surface area contributed by atoms with Crippen molar-refractivity contribution in [2.75, 3.05) is 32.7 Å². The maximum atomic E-state index is 12.4. The fourth-order valence-corrected chi connectivity index (χ4v) is 3.35. The van der Waals surface area contributed by atoms with Crippen LogP contribution < -0.4 is 10.5 Å². The topological polar surface area (TPSA) is 81.9 Å². The van der Waals surface area contributed by atoms with E-state index in [2.05, 4.69) is 0 Å². The Morgan fingerprint density at radius 2 is 2.22 bits per heavy atom. The van der Waals surface area contributed by atoms with Crippen LogP contribution in [-0.4, -0.2) is 39.7 Å². The summed E-state index contributed by atoms with van der Waals surface area (Å²) in [6, 6.07) is 4.56. The molecular weight excluding hydrogens is 256 g/mol. The standard InChI is InChI=1S/C11H16N2O4S/c1-16-10-4-3-9(12)7-11(10)18(14,15)13-5-2-6-17-8-13/h3-4,7H,2,5-6,8,12H2,1H3. The Morgan fingerprint density at radius 1 is 1.44 bits per heavy atom. The van der Waals surface area contributed by atoms with Gasteiger partial charge in [-0.1, -0.05) is 0 Å². The lowest BCUT2D eigenvalue weighted by Gasteiger charge is -2.26. The first-order chi connectivity index (χ1) is 8.55. The molecule has 0 spiro atoms. The SMILES string of the molecule is COc1ccc(N)cc1S(=O)(=O)N1CCCOC1. The van der Waals surface area contributed by atoms with E-state index in [9.17, 15) is 8.42 Å². The minimum absolute atomic E-state index is 0.0697. The van der Waals surface area contributed by atoms with Gasteiger partial charge in [0.05, 0.1) is 7.11 Å². The molecule has 7 heteroatoms. The third-order valence-electron chi connectivity index (χ3n) is 2.74. The molecule has 2 N–H and O–H groups in total. The van der Waals surface area contributed by atoms with Gasteiger partial charge in [0, 0.05) is 18.8 Å². The van der Waals surface area contributed by atoms with E-state index in [1.165, 1.54) is 17.5 Å². The fourth-order valence-electron chi connectivity index (χ4n) is 1.80. The molecule has 18 heavy (non-hydrogen) atoms. The average molecular weight is 272 g/mol. The van der Waals surface area contributed by atoms with Gasteiger partial charge in [-0.05, 0) is 24.6 Å². The van der Waals surface area contributed by atoms with Gasteiger partial charge in [0.2, 0.25) is 10.0 Å². The van der Waals surface area contributed by atoms with E-state index < -0.39 is 10.0 Å². The van der Waals surface area contributed by atoms with E-state index in [-0.39, 0.29) is 17.4 Å². The molecule has 1 aliphatic heterocycles. The number of sulfonamides is 1. The molecule has 1 saturated heterocycles. The van der Waals surface area contributed by atoms with Crippen LogP contribution in [0.15, 0.2) is 23.1 Å². The van der Waals surface area contributed by atoms with E-state index in [0.29, 0.717) is 25.3 Å². The van der Waals surface area contributed by atoms with E-state index >= 15 is 0 Å². The Morgan fingerprint density at radius 3 is 2.83 bits per heavy atom. The van der Waals surface area contributed by atoms with Crippen LogP contribution in [0.1, 0.15) is 6.42 Å². The van der Waals surface area contributed by atoms with E-state index in [4.69, 9.17) is 15.2 Å². The second-order valence-electron chi connectivity index (χ2n) is 3.98. The van der Waals surface area contributed by atoms with Gasteiger partial charge in [-0.15, -0.1) is 0 Å². The van der Waals surface area contributed by atoms with Crippen molar-refractivity contribution in [1.29, 1.82) is 0 Å². The van der Waals surface area contributed by atoms with Crippen molar-refractivity contribution >= 4 is 15.7 Å². The third kappa shape index (κ3) is 2.43. The summed E-state index contributed by atoms with van der Waals surface area (Å²) in [7, 11) is -2.20. The molecule has 0 aliphatic carbocycles. The smallest absolute Gasteiger partial charge is 0.248 e. The average Bonchev–Trinajstić information content (AvgIpc) is 2.39. The van der Waals surface area contributed by atoms with Crippen LogP contribution in [0.3, 0.4) is 0 Å². The van der Waals surface area contributed by atoms with Gasteiger partial charge >= 0.3 is 0 Å². The van der Waals surface area contributed by atoms with Crippen molar-refractivity contribution in [3.63, 3.8) is 0 Å². The zero-order valence-electron chi connectivity index (χ0n) is 10.1. The molecule has 1 fully saturated rings. The van der Waals surface area contributed by atoms with E-state index in [1.807, 2.05) is 0 Å². The Balaban J connectivity index is 2.42. The lowest BCUT2D eigenvalue weighted by atomic mass is 10.3. The highest BCUT2D eigenvalue weighted by molar-refractivity contribution is 7.89. The second kappa shape index (κ2) is 5.13. The number of nitrogens with two attached hydrogens (primary N) is 1. The molecule has 0 amide bonds. The molecule has 6 nitrogen and oxygen atoms in total. The molecule has 100 valence electrons. The number of anilines is 1. The number of hydrogen-bond acceptors (Lipinski definition) is 5. The predicted molar refractivity (Wildman–Crippen MR) is 66.7 cm³/mol. The van der Waals surface area contributed by atoms with Crippen molar-refractivity contribution in [3.8, 4) is 5.75 Å². The Labute approximate surface area is 106 Å². The van der Waals surface area contributed by atoms with E-state index in [1.54, 1.807) is 12.1 Å². The van der Waals surface area contributed by atoms with Crippen LogP contribution in [0.5, 0.6) is 5.75 Å². The van der Waals surface area contributed by atoms with Crippen LogP contribution in [0, 0.1) is 0 Å². The van der Waals surface area contributed by atoms with Crippen LogP contribution in [-0.2, 0) is 14.8 Å². The van der Waals surface area contributed by atoms with Gasteiger partial charge in [-0.2, -0.15) is 4.31 Å². The summed E-state index contributed by atoms with van der Waals surface area (Å²) in [5.41, 5.74) is 6.02. The van der Waals surface area contributed by atoms with Gasteiger partial charge in [-0.25, -0.2) is 8.42 Å². The highest BCUT2D eigenvalue weighted by atomic mass is 32.2. The molecule has 0 bridgehead atoms. The third-order valence-corrected chi connectivity index (χ3v) is 4.58. The molecule has 1 aromatic carbocycles. The Bertz CT molecular complexity index is 524. The number of nitrogens with zero attached hydrogens (tertiary/aromatic N) is 1.